The first-order chi connectivity index (χ1) is 5.36. The maximum atomic E-state index is 5.44. The van der Waals surface area contributed by atoms with E-state index in [0.29, 0.717) is 5.82 Å². The number of aromatic nitrogens is 3. The zero-order valence-electron chi connectivity index (χ0n) is 5.64. The molecule has 0 radical (unpaired) electrons. The van der Waals surface area contributed by atoms with E-state index in [1.54, 1.807) is 35.6 Å². The molecule has 2 aromatic heterocycles. The molecule has 0 aliphatic heterocycles. The summed E-state index contributed by atoms with van der Waals surface area (Å²) < 4.78 is 1.84. The van der Waals surface area contributed by atoms with Crippen LogP contribution in [0.5, 0.6) is 0 Å². The first-order valence-electron chi connectivity index (χ1n) is 3.04. The topological polar surface area (TPSA) is 56.7 Å². The van der Waals surface area contributed by atoms with Crippen LogP contribution in [0.2, 0.25) is 0 Å². The smallest absolute Gasteiger partial charge is 0.142 e. The molecule has 0 bridgehead atoms. The van der Waals surface area contributed by atoms with Gasteiger partial charge in [-0.2, -0.15) is 0 Å². The van der Waals surface area contributed by atoms with Gasteiger partial charge in [-0.3, -0.25) is 9.55 Å². The summed E-state index contributed by atoms with van der Waals surface area (Å²) in [5.74, 6) is 0.526. The third kappa shape index (κ3) is 1.10. The Bertz CT molecular complexity index is 337. The van der Waals surface area contributed by atoms with Crippen molar-refractivity contribution >= 4 is 17.2 Å². The van der Waals surface area contributed by atoms with Crippen molar-refractivity contribution in [3.63, 3.8) is 0 Å². The first kappa shape index (κ1) is 6.36. The number of nitrogen functional groups attached to an aromatic ring is 1. The van der Waals surface area contributed by atoms with Crippen molar-refractivity contribution in [1.82, 2.24) is 14.5 Å². The van der Waals surface area contributed by atoms with E-state index < -0.39 is 0 Å². The molecule has 4 nitrogen and oxygen atoms in total. The predicted molar refractivity (Wildman–Crippen MR) is 43.6 cm³/mol. The molecule has 2 heterocycles. The summed E-state index contributed by atoms with van der Waals surface area (Å²) in [6, 6.07) is 0. The molecule has 0 atom stereocenters. The Labute approximate surface area is 67.3 Å². The third-order valence-corrected chi connectivity index (χ3v) is 2.06. The van der Waals surface area contributed by atoms with E-state index in [-0.39, 0.29) is 0 Å². The van der Waals surface area contributed by atoms with Crippen LogP contribution in [0.15, 0.2) is 24.2 Å². The second-order valence-corrected chi connectivity index (χ2v) is 2.91. The average molecular weight is 166 g/mol. The molecule has 0 saturated carbocycles. The molecule has 0 spiro atoms. The number of imidazole rings is 1. The fraction of sp³-hybridized carbons (Fsp3) is 0. The van der Waals surface area contributed by atoms with Crippen LogP contribution in [0, 0.1) is 0 Å². The van der Waals surface area contributed by atoms with Gasteiger partial charge in [0.05, 0.1) is 17.9 Å². The number of anilines is 1. The van der Waals surface area contributed by atoms with Gasteiger partial charge in [-0.05, 0) is 0 Å². The molecule has 11 heavy (non-hydrogen) atoms. The van der Waals surface area contributed by atoms with Crippen molar-refractivity contribution in [3.05, 3.63) is 24.2 Å². The third-order valence-electron chi connectivity index (χ3n) is 1.28. The Balaban J connectivity index is 2.45. The standard InChI is InChI=1S/C6H6N4S/c7-5-2-10(3-9-5)6-1-8-4-11-6/h1-4H,7H2. The van der Waals surface area contributed by atoms with E-state index in [1.165, 1.54) is 0 Å². The average Bonchev–Trinajstić information content (AvgIpc) is 2.55. The zero-order valence-corrected chi connectivity index (χ0v) is 6.45. The fourth-order valence-corrected chi connectivity index (χ4v) is 1.37. The van der Waals surface area contributed by atoms with Gasteiger partial charge in [-0.1, -0.05) is 0 Å². The molecule has 2 rings (SSSR count). The van der Waals surface area contributed by atoms with Crippen LogP contribution in [0.1, 0.15) is 0 Å². The molecule has 0 saturated heterocycles. The minimum atomic E-state index is 0.526. The van der Waals surface area contributed by atoms with E-state index in [4.69, 9.17) is 5.73 Å². The Morgan fingerprint density at radius 3 is 3.00 bits per heavy atom. The maximum absolute atomic E-state index is 5.44. The van der Waals surface area contributed by atoms with E-state index in [9.17, 15) is 0 Å². The van der Waals surface area contributed by atoms with E-state index >= 15 is 0 Å². The fourth-order valence-electron chi connectivity index (χ4n) is 0.795. The quantitative estimate of drug-likeness (QED) is 0.685. The molecule has 56 valence electrons. The molecular formula is C6H6N4S. The lowest BCUT2D eigenvalue weighted by Gasteiger charge is -1.91. The highest BCUT2D eigenvalue weighted by atomic mass is 32.1. The van der Waals surface area contributed by atoms with Gasteiger partial charge in [0.2, 0.25) is 0 Å². The molecule has 5 heteroatoms. The molecule has 0 fully saturated rings. The number of hydrogen-bond donors (Lipinski definition) is 1. The highest BCUT2D eigenvalue weighted by Gasteiger charge is 1.97. The summed E-state index contributed by atoms with van der Waals surface area (Å²) in [5.41, 5.74) is 7.21. The van der Waals surface area contributed by atoms with Crippen molar-refractivity contribution in [1.29, 1.82) is 0 Å². The summed E-state index contributed by atoms with van der Waals surface area (Å²) >= 11 is 1.55. The molecule has 2 aromatic rings. The summed E-state index contributed by atoms with van der Waals surface area (Å²) in [6.07, 6.45) is 5.20. The summed E-state index contributed by atoms with van der Waals surface area (Å²) in [7, 11) is 0. The van der Waals surface area contributed by atoms with Gasteiger partial charge in [-0.25, -0.2) is 4.98 Å². The monoisotopic (exact) mass is 166 g/mol. The second-order valence-electron chi connectivity index (χ2n) is 2.05. The molecule has 2 N–H and O–H groups in total. The van der Waals surface area contributed by atoms with Gasteiger partial charge in [0.15, 0.2) is 0 Å². The van der Waals surface area contributed by atoms with Crippen molar-refractivity contribution in [3.8, 4) is 5.00 Å². The largest absolute Gasteiger partial charge is 0.382 e. The van der Waals surface area contributed by atoms with Crippen LogP contribution in [-0.2, 0) is 0 Å². The maximum Gasteiger partial charge on any atom is 0.142 e. The lowest BCUT2D eigenvalue weighted by atomic mass is 10.7. The lowest BCUT2D eigenvalue weighted by Crippen LogP contribution is -1.84. The van der Waals surface area contributed by atoms with Crippen molar-refractivity contribution in [2.45, 2.75) is 0 Å². The van der Waals surface area contributed by atoms with Crippen LogP contribution in [0.3, 0.4) is 0 Å². The predicted octanol–water partition coefficient (Wildman–Crippen LogP) is 0.911. The molecule has 0 aromatic carbocycles. The van der Waals surface area contributed by atoms with Gasteiger partial charge >= 0.3 is 0 Å². The summed E-state index contributed by atoms with van der Waals surface area (Å²) in [4.78, 5) is 7.83. The van der Waals surface area contributed by atoms with Crippen LogP contribution < -0.4 is 5.73 Å². The molecule has 0 amide bonds. The molecule has 0 unspecified atom stereocenters. The minimum Gasteiger partial charge on any atom is -0.382 e. The zero-order chi connectivity index (χ0) is 7.68. The Morgan fingerprint density at radius 2 is 2.45 bits per heavy atom. The Morgan fingerprint density at radius 1 is 1.55 bits per heavy atom. The van der Waals surface area contributed by atoms with E-state index in [1.807, 2.05) is 4.57 Å². The second kappa shape index (κ2) is 2.35. The minimum absolute atomic E-state index is 0.526. The first-order valence-corrected chi connectivity index (χ1v) is 3.92. The van der Waals surface area contributed by atoms with Gasteiger partial charge < -0.3 is 5.73 Å². The van der Waals surface area contributed by atoms with Crippen molar-refractivity contribution < 1.29 is 0 Å². The molecule has 0 aliphatic rings. The molecular weight excluding hydrogens is 160 g/mol. The van der Waals surface area contributed by atoms with Gasteiger partial charge in [0.1, 0.15) is 17.1 Å². The van der Waals surface area contributed by atoms with Gasteiger partial charge in [-0.15, -0.1) is 11.3 Å². The van der Waals surface area contributed by atoms with Crippen LogP contribution in [0.4, 0.5) is 5.82 Å². The van der Waals surface area contributed by atoms with Crippen LogP contribution >= 0.6 is 11.3 Å². The van der Waals surface area contributed by atoms with E-state index in [0.717, 1.165) is 5.00 Å². The van der Waals surface area contributed by atoms with Crippen molar-refractivity contribution in [2.75, 3.05) is 5.73 Å². The number of rotatable bonds is 1. The van der Waals surface area contributed by atoms with Crippen LogP contribution in [0.25, 0.3) is 5.00 Å². The Hall–Kier alpha value is -1.36. The lowest BCUT2D eigenvalue weighted by molar-refractivity contribution is 1.08. The van der Waals surface area contributed by atoms with E-state index in [2.05, 4.69) is 9.97 Å². The number of thiazole rings is 1. The highest BCUT2D eigenvalue weighted by Crippen LogP contribution is 2.12. The van der Waals surface area contributed by atoms with Gasteiger partial charge in [0.25, 0.3) is 0 Å². The number of nitrogens with two attached hydrogens (primary N) is 1. The van der Waals surface area contributed by atoms with Crippen molar-refractivity contribution in [2.24, 2.45) is 0 Å². The SMILES string of the molecule is Nc1cn(-c2cncs2)cn1. The van der Waals surface area contributed by atoms with Gasteiger partial charge in [0, 0.05) is 0 Å². The summed E-state index contributed by atoms with van der Waals surface area (Å²) in [5, 5.41) is 1.02. The number of nitrogens with zero attached hydrogens (tertiary/aromatic N) is 3. The summed E-state index contributed by atoms with van der Waals surface area (Å²) in [6.45, 7) is 0. The highest BCUT2D eigenvalue weighted by molar-refractivity contribution is 7.12. The Kier molecular flexibility index (Phi) is 1.36. The van der Waals surface area contributed by atoms with Crippen LogP contribution in [-0.4, -0.2) is 14.5 Å². The normalized spacial score (nSPS) is 10.2. The number of hydrogen-bond acceptors (Lipinski definition) is 4. The molecule has 0 aliphatic carbocycles.